The maximum absolute atomic E-state index is 13.6. The highest BCUT2D eigenvalue weighted by molar-refractivity contribution is 5.90. The molecule has 6 nitrogen and oxygen atoms in total. The van der Waals surface area contributed by atoms with Crippen LogP contribution in [0.5, 0.6) is 0 Å². The Bertz CT molecular complexity index is 1160. The molecule has 0 bridgehead atoms. The van der Waals surface area contributed by atoms with E-state index in [1.54, 1.807) is 56.4 Å². The van der Waals surface area contributed by atoms with E-state index in [1.165, 1.54) is 12.1 Å². The fourth-order valence-electron chi connectivity index (χ4n) is 3.10. The summed E-state index contributed by atoms with van der Waals surface area (Å²) in [4.78, 5) is 19.5. The Morgan fingerprint density at radius 2 is 1.97 bits per heavy atom. The number of H-pyrrole nitrogens is 1. The smallest absolute Gasteiger partial charge is 0.338 e. The molecule has 2 aromatic heterocycles. The van der Waals surface area contributed by atoms with Gasteiger partial charge in [0.15, 0.2) is 0 Å². The molecule has 1 N–H and O–H groups in total. The topological polar surface area (TPSA) is 81.0 Å². The third kappa shape index (κ3) is 3.67. The number of imidazole rings is 1. The van der Waals surface area contributed by atoms with Gasteiger partial charge < -0.3 is 14.2 Å². The average Bonchev–Trinajstić information content (AvgIpc) is 3.35. The largest absolute Gasteiger partial charge is 0.462 e. The quantitative estimate of drug-likeness (QED) is 0.483. The third-order valence-corrected chi connectivity index (χ3v) is 4.48. The van der Waals surface area contributed by atoms with E-state index in [0.717, 1.165) is 11.1 Å². The molecule has 4 aromatic rings. The number of hydrogen-bond acceptors (Lipinski definition) is 5. The van der Waals surface area contributed by atoms with Gasteiger partial charge in [-0.1, -0.05) is 29.4 Å². The molecule has 0 radical (unpaired) electrons. The zero-order valence-electron chi connectivity index (χ0n) is 15.9. The van der Waals surface area contributed by atoms with Gasteiger partial charge in [0.2, 0.25) is 0 Å². The van der Waals surface area contributed by atoms with E-state index in [1.807, 2.05) is 0 Å². The first-order valence-corrected chi connectivity index (χ1v) is 9.12. The minimum absolute atomic E-state index is 0.327. The molecule has 146 valence electrons. The summed E-state index contributed by atoms with van der Waals surface area (Å²) in [5, 5.41) is 4.09. The molecule has 0 unspecified atom stereocenters. The number of aromatic amines is 1. The van der Waals surface area contributed by atoms with E-state index < -0.39 is 0 Å². The van der Waals surface area contributed by atoms with Gasteiger partial charge in [0.25, 0.3) is 0 Å². The average molecular weight is 391 g/mol. The molecule has 2 aromatic carbocycles. The van der Waals surface area contributed by atoms with E-state index in [4.69, 9.17) is 9.26 Å². The summed E-state index contributed by atoms with van der Waals surface area (Å²) in [5.74, 6) is 0.512. The first kappa shape index (κ1) is 18.6. The van der Waals surface area contributed by atoms with Crippen LogP contribution < -0.4 is 0 Å². The van der Waals surface area contributed by atoms with Crippen molar-refractivity contribution in [1.29, 1.82) is 0 Å². The summed E-state index contributed by atoms with van der Waals surface area (Å²) >= 11 is 0. The molecule has 0 aliphatic carbocycles. The van der Waals surface area contributed by atoms with E-state index >= 15 is 0 Å². The zero-order valence-corrected chi connectivity index (χ0v) is 15.9. The molecule has 4 rings (SSSR count). The molecule has 0 amide bonds. The molecule has 0 atom stereocenters. The first-order valence-electron chi connectivity index (χ1n) is 9.12. The molecule has 0 saturated carbocycles. The van der Waals surface area contributed by atoms with Crippen molar-refractivity contribution in [1.82, 2.24) is 15.1 Å². The Hall–Kier alpha value is -3.74. The van der Waals surface area contributed by atoms with Gasteiger partial charge in [0.05, 0.1) is 29.6 Å². The molecular formula is C22H18FN3O3. The number of aryl methyl sites for hydroxylation is 1. The monoisotopic (exact) mass is 391 g/mol. The standard InChI is InChI=1S/C22H18FN3O3/c1-3-28-22(27)15-9-7-14(8-10-15)21-24-12-18(25-21)19-13(2)29-26-20(19)16-5-4-6-17(23)11-16/h4-12H,3H2,1-2H3,(H,24,25). The zero-order chi connectivity index (χ0) is 20.4. The Morgan fingerprint density at radius 1 is 1.17 bits per heavy atom. The van der Waals surface area contributed by atoms with Gasteiger partial charge in [-0.25, -0.2) is 14.2 Å². The molecule has 0 fully saturated rings. The van der Waals surface area contributed by atoms with E-state index in [0.29, 0.717) is 40.7 Å². The number of halogens is 1. The second-order valence-corrected chi connectivity index (χ2v) is 6.42. The Kier molecular flexibility index (Phi) is 4.95. The van der Waals surface area contributed by atoms with Crippen LogP contribution >= 0.6 is 0 Å². The van der Waals surface area contributed by atoms with E-state index in [-0.39, 0.29) is 11.8 Å². The van der Waals surface area contributed by atoms with Crippen molar-refractivity contribution in [3.05, 3.63) is 71.9 Å². The Labute approximate surface area is 166 Å². The van der Waals surface area contributed by atoms with Gasteiger partial charge in [-0.15, -0.1) is 0 Å². The number of hydrogen-bond donors (Lipinski definition) is 1. The summed E-state index contributed by atoms with van der Waals surface area (Å²) in [6.07, 6.45) is 1.68. The molecule has 7 heteroatoms. The van der Waals surface area contributed by atoms with E-state index in [9.17, 15) is 9.18 Å². The van der Waals surface area contributed by atoms with Crippen LogP contribution in [0.2, 0.25) is 0 Å². The van der Waals surface area contributed by atoms with Gasteiger partial charge >= 0.3 is 5.97 Å². The van der Waals surface area contributed by atoms with Gasteiger partial charge in [-0.2, -0.15) is 0 Å². The van der Waals surface area contributed by atoms with Crippen LogP contribution in [0.3, 0.4) is 0 Å². The minimum atomic E-state index is -0.362. The minimum Gasteiger partial charge on any atom is -0.462 e. The van der Waals surface area contributed by atoms with Crippen molar-refractivity contribution in [3.63, 3.8) is 0 Å². The van der Waals surface area contributed by atoms with Crippen molar-refractivity contribution >= 4 is 5.97 Å². The maximum Gasteiger partial charge on any atom is 0.338 e. The number of rotatable bonds is 5. The van der Waals surface area contributed by atoms with Gasteiger partial charge in [-0.3, -0.25) is 0 Å². The van der Waals surface area contributed by atoms with Gasteiger partial charge in [0, 0.05) is 11.1 Å². The molecule has 29 heavy (non-hydrogen) atoms. The second kappa shape index (κ2) is 7.71. The fraction of sp³-hybridized carbons (Fsp3) is 0.136. The molecule has 0 saturated heterocycles. The van der Waals surface area contributed by atoms with Crippen LogP contribution in [0.1, 0.15) is 23.0 Å². The summed E-state index contributed by atoms with van der Waals surface area (Å²) in [6, 6.07) is 13.2. The summed E-state index contributed by atoms with van der Waals surface area (Å²) in [6.45, 7) is 3.88. The predicted molar refractivity (Wildman–Crippen MR) is 106 cm³/mol. The number of carbonyl (C=O) groups excluding carboxylic acids is 1. The second-order valence-electron chi connectivity index (χ2n) is 6.42. The lowest BCUT2D eigenvalue weighted by molar-refractivity contribution is 0.0526. The number of aromatic nitrogens is 3. The SMILES string of the molecule is CCOC(=O)c1ccc(-c2ncc(-c3c(-c4cccc(F)c4)noc3C)[nH]2)cc1. The number of benzene rings is 2. The highest BCUT2D eigenvalue weighted by atomic mass is 19.1. The van der Waals surface area contributed by atoms with Crippen molar-refractivity contribution in [2.24, 2.45) is 0 Å². The lowest BCUT2D eigenvalue weighted by atomic mass is 10.0. The van der Waals surface area contributed by atoms with Crippen molar-refractivity contribution in [2.75, 3.05) is 6.61 Å². The third-order valence-electron chi connectivity index (χ3n) is 4.48. The van der Waals surface area contributed by atoms with Crippen molar-refractivity contribution in [3.8, 4) is 33.9 Å². The lowest BCUT2D eigenvalue weighted by Crippen LogP contribution is -2.04. The van der Waals surface area contributed by atoms with Gasteiger partial charge in [-0.05, 0) is 38.1 Å². The number of carbonyl (C=O) groups is 1. The number of esters is 1. The molecular weight excluding hydrogens is 373 g/mol. The predicted octanol–water partition coefficient (Wildman–Crippen LogP) is 5.02. The van der Waals surface area contributed by atoms with E-state index in [2.05, 4.69) is 15.1 Å². The Morgan fingerprint density at radius 3 is 2.69 bits per heavy atom. The summed E-state index contributed by atoms with van der Waals surface area (Å²) < 4.78 is 24.0. The summed E-state index contributed by atoms with van der Waals surface area (Å²) in [5.41, 5.74) is 3.86. The highest BCUT2D eigenvalue weighted by Gasteiger charge is 2.19. The fourth-order valence-corrected chi connectivity index (χ4v) is 3.10. The van der Waals surface area contributed by atoms with Crippen LogP contribution in [-0.2, 0) is 4.74 Å². The summed E-state index contributed by atoms with van der Waals surface area (Å²) in [7, 11) is 0. The lowest BCUT2D eigenvalue weighted by Gasteiger charge is -2.03. The van der Waals surface area contributed by atoms with Crippen LogP contribution in [-0.4, -0.2) is 27.7 Å². The number of nitrogens with zero attached hydrogens (tertiary/aromatic N) is 2. The van der Waals surface area contributed by atoms with Crippen molar-refractivity contribution in [2.45, 2.75) is 13.8 Å². The van der Waals surface area contributed by atoms with Gasteiger partial charge in [0.1, 0.15) is 23.1 Å². The molecule has 0 spiro atoms. The molecule has 0 aliphatic heterocycles. The Balaban J connectivity index is 1.67. The number of nitrogens with one attached hydrogen (secondary N) is 1. The maximum atomic E-state index is 13.6. The first-order chi connectivity index (χ1) is 14.1. The van der Waals surface area contributed by atoms with Crippen molar-refractivity contribution < 1.29 is 18.4 Å². The normalized spacial score (nSPS) is 10.9. The van der Waals surface area contributed by atoms with Crippen LogP contribution in [0.25, 0.3) is 33.9 Å². The van der Waals surface area contributed by atoms with Crippen LogP contribution in [0.15, 0.2) is 59.3 Å². The highest BCUT2D eigenvalue weighted by Crippen LogP contribution is 2.34. The van der Waals surface area contributed by atoms with Crippen LogP contribution in [0, 0.1) is 12.7 Å². The molecule has 0 aliphatic rings. The van der Waals surface area contributed by atoms with Crippen LogP contribution in [0.4, 0.5) is 4.39 Å². The molecule has 2 heterocycles. The number of ether oxygens (including phenoxy) is 1.